The summed E-state index contributed by atoms with van der Waals surface area (Å²) in [5, 5.41) is -0.0282. The molecule has 2 aromatic heterocycles. The van der Waals surface area contributed by atoms with Crippen LogP contribution in [0.5, 0.6) is 0 Å². The van der Waals surface area contributed by atoms with Gasteiger partial charge in [0.25, 0.3) is 17.9 Å². The average Bonchev–Trinajstić information content (AvgIpc) is 3.46. The van der Waals surface area contributed by atoms with Gasteiger partial charge in [0.1, 0.15) is 0 Å². The first-order valence-corrected chi connectivity index (χ1v) is 9.87. The van der Waals surface area contributed by atoms with E-state index in [9.17, 15) is 23.2 Å². The van der Waals surface area contributed by atoms with Gasteiger partial charge in [-0.25, -0.2) is 18.6 Å². The smallest absolute Gasteiger partial charge is 0.330 e. The van der Waals surface area contributed by atoms with E-state index in [4.69, 9.17) is 0 Å². The van der Waals surface area contributed by atoms with Gasteiger partial charge in [-0.1, -0.05) is 27.7 Å². The number of amides is 1. The number of pyridine rings is 1. The number of fused-ring (bicyclic) bond motifs is 1. The summed E-state index contributed by atoms with van der Waals surface area (Å²) in [6.45, 7) is 7.19. The highest BCUT2D eigenvalue weighted by Gasteiger charge is 2.36. The van der Waals surface area contributed by atoms with Crippen LogP contribution in [0.2, 0.25) is 0 Å². The minimum Gasteiger partial charge on any atom is -0.330 e. The number of hydrogen-bond acceptors (Lipinski definition) is 4. The lowest BCUT2D eigenvalue weighted by molar-refractivity contribution is 0.0535. The highest BCUT2D eigenvalue weighted by Crippen LogP contribution is 2.30. The number of carbonyl (C=O) groups is 1. The average molecular weight is 408 g/mol. The Bertz CT molecular complexity index is 1040. The first kappa shape index (κ1) is 21.1. The zero-order valence-corrected chi connectivity index (χ0v) is 17.0. The van der Waals surface area contributed by atoms with Crippen LogP contribution in [0, 0.1) is 5.92 Å². The second-order valence-corrected chi connectivity index (χ2v) is 8.29. The summed E-state index contributed by atoms with van der Waals surface area (Å²) in [5.41, 5.74) is -0.672. The van der Waals surface area contributed by atoms with E-state index in [0.29, 0.717) is 25.1 Å². The van der Waals surface area contributed by atoms with E-state index in [1.165, 1.54) is 10.6 Å². The number of rotatable bonds is 7. The van der Waals surface area contributed by atoms with Crippen molar-refractivity contribution in [2.75, 3.05) is 6.54 Å². The molecule has 0 atom stereocenters. The van der Waals surface area contributed by atoms with Gasteiger partial charge in [0.15, 0.2) is 5.65 Å². The number of nitrogens with one attached hydrogen (secondary N) is 1. The number of H-pyrrole nitrogens is 1. The van der Waals surface area contributed by atoms with Crippen molar-refractivity contribution >= 4 is 16.9 Å². The molecule has 1 amide bonds. The molecule has 29 heavy (non-hydrogen) atoms. The normalized spacial score (nSPS) is 14.4. The lowest BCUT2D eigenvalue weighted by Gasteiger charge is -2.23. The minimum atomic E-state index is -2.67. The molecule has 2 heterocycles. The molecule has 3 rings (SSSR count). The van der Waals surface area contributed by atoms with E-state index in [2.05, 4.69) is 9.97 Å². The first-order chi connectivity index (χ1) is 13.6. The van der Waals surface area contributed by atoms with Crippen molar-refractivity contribution in [3.8, 4) is 0 Å². The fourth-order valence-corrected chi connectivity index (χ4v) is 3.38. The van der Waals surface area contributed by atoms with Gasteiger partial charge < -0.3 is 4.90 Å². The van der Waals surface area contributed by atoms with E-state index >= 15 is 0 Å². The summed E-state index contributed by atoms with van der Waals surface area (Å²) < 4.78 is 27.5. The maximum Gasteiger partial charge on any atom is 0.330 e. The number of aromatic nitrogens is 3. The van der Waals surface area contributed by atoms with Crippen LogP contribution in [0.15, 0.2) is 15.7 Å². The molecule has 1 fully saturated rings. The molecule has 1 aliphatic carbocycles. The zero-order chi connectivity index (χ0) is 21.5. The molecule has 0 spiro atoms. The largest absolute Gasteiger partial charge is 0.330 e. The summed E-state index contributed by atoms with van der Waals surface area (Å²) >= 11 is 0. The molecule has 1 aliphatic rings. The molecule has 1 saturated carbocycles. The lowest BCUT2D eigenvalue weighted by Crippen LogP contribution is -2.39. The lowest BCUT2D eigenvalue weighted by atomic mass is 10.0. The number of nitrogens with zero attached hydrogens (tertiary/aromatic N) is 3. The molecule has 0 saturated heterocycles. The number of hydrogen-bond donors (Lipinski definition) is 1. The monoisotopic (exact) mass is 408 g/mol. The molecular formula is C20H26F2N4O3. The Morgan fingerprint density at radius 3 is 2.45 bits per heavy atom. The molecular weight excluding hydrogens is 382 g/mol. The van der Waals surface area contributed by atoms with E-state index in [1.807, 2.05) is 27.7 Å². The number of alkyl halides is 2. The highest BCUT2D eigenvalue weighted by molar-refractivity contribution is 6.05. The van der Waals surface area contributed by atoms with Crippen LogP contribution >= 0.6 is 0 Å². The van der Waals surface area contributed by atoms with Crippen LogP contribution in [0.3, 0.4) is 0 Å². The molecule has 158 valence electrons. The molecule has 2 aromatic rings. The molecule has 1 N–H and O–H groups in total. The van der Waals surface area contributed by atoms with Crippen LogP contribution < -0.4 is 11.2 Å². The van der Waals surface area contributed by atoms with Crippen molar-refractivity contribution in [1.82, 2.24) is 19.4 Å². The Balaban J connectivity index is 2.29. The summed E-state index contributed by atoms with van der Waals surface area (Å²) in [7, 11) is 0. The molecule has 0 aromatic carbocycles. The van der Waals surface area contributed by atoms with Crippen LogP contribution in [0.1, 0.15) is 62.5 Å². The molecule has 9 heteroatoms. The highest BCUT2D eigenvalue weighted by atomic mass is 19.3. The summed E-state index contributed by atoms with van der Waals surface area (Å²) in [6.07, 6.45) is -1.35. The van der Waals surface area contributed by atoms with Crippen LogP contribution in [-0.2, 0) is 6.54 Å². The maximum atomic E-state index is 13.2. The molecule has 0 unspecified atom stereocenters. The van der Waals surface area contributed by atoms with Crippen molar-refractivity contribution < 1.29 is 13.6 Å². The van der Waals surface area contributed by atoms with Crippen molar-refractivity contribution in [3.05, 3.63) is 38.2 Å². The number of carbonyl (C=O) groups excluding carboxylic acids is 1. The van der Waals surface area contributed by atoms with Gasteiger partial charge in [0.2, 0.25) is 0 Å². The van der Waals surface area contributed by atoms with Gasteiger partial charge in [-0.2, -0.15) is 0 Å². The van der Waals surface area contributed by atoms with Crippen LogP contribution in [0.4, 0.5) is 8.78 Å². The fraction of sp³-hybridized carbons (Fsp3) is 0.600. The molecule has 7 nitrogen and oxygen atoms in total. The van der Waals surface area contributed by atoms with Gasteiger partial charge in [-0.3, -0.25) is 19.1 Å². The third kappa shape index (κ3) is 4.38. The SMILES string of the molecule is CC(C)Cn1c(=O)[nH]c(=O)c2c(C(=O)N(CC(F)F)C3CC3)cc(C(C)C)nc21. The quantitative estimate of drug-likeness (QED) is 0.763. The van der Waals surface area contributed by atoms with Gasteiger partial charge in [-0.15, -0.1) is 0 Å². The second kappa shape index (κ2) is 8.04. The standard InChI is InChI=1S/C20H26F2N4O3/c1-10(2)8-26-17-16(18(27)24-20(26)29)13(7-14(23-17)11(3)4)19(28)25(9-15(21)22)12-5-6-12/h7,10-12,15H,5-6,8-9H2,1-4H3,(H,24,27,29). The van der Waals surface area contributed by atoms with Crippen LogP contribution in [-0.4, -0.2) is 44.4 Å². The number of aromatic amines is 1. The molecule has 0 bridgehead atoms. The fourth-order valence-electron chi connectivity index (χ4n) is 3.38. The Hall–Kier alpha value is -2.58. The Morgan fingerprint density at radius 2 is 1.93 bits per heavy atom. The van der Waals surface area contributed by atoms with Crippen LogP contribution in [0.25, 0.3) is 11.0 Å². The van der Waals surface area contributed by atoms with Crippen molar-refractivity contribution in [3.63, 3.8) is 0 Å². The Kier molecular flexibility index (Phi) is 5.86. The first-order valence-electron chi connectivity index (χ1n) is 9.87. The summed E-state index contributed by atoms with van der Waals surface area (Å²) in [4.78, 5) is 46.2. The molecule has 0 radical (unpaired) electrons. The van der Waals surface area contributed by atoms with Gasteiger partial charge in [0.05, 0.1) is 17.5 Å². The van der Waals surface area contributed by atoms with E-state index in [0.717, 1.165) is 4.90 Å². The minimum absolute atomic E-state index is 0.0185. The van der Waals surface area contributed by atoms with Gasteiger partial charge in [-0.05, 0) is 30.7 Å². The van der Waals surface area contributed by atoms with E-state index in [1.54, 1.807) is 0 Å². The summed E-state index contributed by atoms with van der Waals surface area (Å²) in [6, 6.07) is 1.25. The zero-order valence-electron chi connectivity index (χ0n) is 17.0. The third-order valence-corrected chi connectivity index (χ3v) is 4.92. The van der Waals surface area contributed by atoms with Gasteiger partial charge >= 0.3 is 5.69 Å². The Morgan fingerprint density at radius 1 is 1.28 bits per heavy atom. The predicted molar refractivity (Wildman–Crippen MR) is 106 cm³/mol. The van der Waals surface area contributed by atoms with Crippen molar-refractivity contribution in [1.29, 1.82) is 0 Å². The Labute approximate surface area is 166 Å². The van der Waals surface area contributed by atoms with Gasteiger partial charge in [0, 0.05) is 18.3 Å². The topological polar surface area (TPSA) is 88.1 Å². The maximum absolute atomic E-state index is 13.2. The number of halogens is 2. The van der Waals surface area contributed by atoms with E-state index < -0.39 is 30.1 Å². The van der Waals surface area contributed by atoms with E-state index in [-0.39, 0.29) is 34.5 Å². The third-order valence-electron chi connectivity index (χ3n) is 4.92. The summed E-state index contributed by atoms with van der Waals surface area (Å²) in [5.74, 6) is -0.619. The molecule has 0 aliphatic heterocycles. The second-order valence-electron chi connectivity index (χ2n) is 8.29. The van der Waals surface area contributed by atoms with Crippen molar-refractivity contribution in [2.24, 2.45) is 5.92 Å². The predicted octanol–water partition coefficient (Wildman–Crippen LogP) is 2.73. The van der Waals surface area contributed by atoms with Crippen molar-refractivity contribution in [2.45, 2.75) is 65.5 Å².